The largest absolute Gasteiger partial charge is 0.439 e. The minimum Gasteiger partial charge on any atom is -0.439 e. The van der Waals surface area contributed by atoms with E-state index in [-0.39, 0.29) is 35.5 Å². The molecule has 0 atom stereocenters. The van der Waals surface area contributed by atoms with Crippen molar-refractivity contribution in [1.29, 1.82) is 0 Å². The van der Waals surface area contributed by atoms with E-state index in [9.17, 15) is 23.1 Å². The number of aromatic nitrogens is 2. The molecule has 7 nitrogen and oxygen atoms in total. The second-order valence-electron chi connectivity index (χ2n) is 9.65. The summed E-state index contributed by atoms with van der Waals surface area (Å²) in [5.41, 5.74) is 0.0148. The van der Waals surface area contributed by atoms with Crippen molar-refractivity contribution in [2.75, 3.05) is 25.5 Å². The molecule has 0 unspecified atom stereocenters. The molecule has 3 heterocycles. The lowest BCUT2D eigenvalue weighted by Crippen LogP contribution is -2.31. The minimum atomic E-state index is -4.52. The van der Waals surface area contributed by atoms with Crippen LogP contribution in [0.3, 0.4) is 0 Å². The van der Waals surface area contributed by atoms with E-state index in [1.807, 2.05) is 7.05 Å². The number of anilines is 1. The zero-order valence-corrected chi connectivity index (χ0v) is 22.0. The van der Waals surface area contributed by atoms with Crippen molar-refractivity contribution in [2.24, 2.45) is 5.92 Å². The van der Waals surface area contributed by atoms with Crippen molar-refractivity contribution in [2.45, 2.75) is 32.0 Å². The average Bonchev–Trinajstić information content (AvgIpc) is 3.34. The molecule has 1 amide bonds. The predicted octanol–water partition coefficient (Wildman–Crippen LogP) is 6.13. The number of ether oxygens (including phenoxy) is 1. The number of hydrogen-bond acceptors (Lipinski definition) is 7. The number of nitrogens with zero attached hydrogens (tertiary/aromatic N) is 3. The van der Waals surface area contributed by atoms with Crippen LogP contribution in [0.15, 0.2) is 54.0 Å². The molecule has 0 aliphatic carbocycles. The van der Waals surface area contributed by atoms with E-state index < -0.39 is 17.6 Å². The SMILES string of the molecule is CN1CCC(Cc2ccc(NC(=O)c3csc4cc(Oc5ccnc(CO)n5)ccc34)cc2C(F)(F)F)CC1. The van der Waals surface area contributed by atoms with Gasteiger partial charge in [-0.2, -0.15) is 18.2 Å². The number of alkyl halides is 3. The number of amides is 1. The Bertz CT molecular complexity index is 1480. The molecule has 39 heavy (non-hydrogen) atoms. The number of aliphatic hydroxyl groups excluding tert-OH is 1. The molecule has 4 aromatic rings. The third kappa shape index (κ3) is 6.38. The second-order valence-corrected chi connectivity index (χ2v) is 10.6. The van der Waals surface area contributed by atoms with Crippen LogP contribution in [0.2, 0.25) is 0 Å². The van der Waals surface area contributed by atoms with Gasteiger partial charge in [-0.3, -0.25) is 4.79 Å². The first kappa shape index (κ1) is 27.0. The number of piperidine rings is 1. The van der Waals surface area contributed by atoms with E-state index in [0.717, 1.165) is 36.7 Å². The highest BCUT2D eigenvalue weighted by Crippen LogP contribution is 2.37. The number of thiophene rings is 1. The maximum absolute atomic E-state index is 13.9. The molecule has 0 saturated carbocycles. The van der Waals surface area contributed by atoms with Gasteiger partial charge in [-0.1, -0.05) is 6.07 Å². The molecule has 1 aliphatic rings. The Hall–Kier alpha value is -3.54. The Morgan fingerprint density at radius 2 is 1.97 bits per heavy atom. The van der Waals surface area contributed by atoms with E-state index in [1.54, 1.807) is 35.7 Å². The van der Waals surface area contributed by atoms with Crippen molar-refractivity contribution in [3.63, 3.8) is 0 Å². The molecule has 1 saturated heterocycles. The van der Waals surface area contributed by atoms with Crippen molar-refractivity contribution in [3.05, 3.63) is 76.6 Å². The number of nitrogens with one attached hydrogen (secondary N) is 1. The summed E-state index contributed by atoms with van der Waals surface area (Å²) in [6.07, 6.45) is -0.938. The van der Waals surface area contributed by atoms with Crippen molar-refractivity contribution >= 4 is 33.0 Å². The highest BCUT2D eigenvalue weighted by molar-refractivity contribution is 7.17. The molecule has 2 aromatic heterocycles. The zero-order valence-electron chi connectivity index (χ0n) is 21.2. The van der Waals surface area contributed by atoms with Crippen LogP contribution in [-0.4, -0.2) is 46.0 Å². The van der Waals surface area contributed by atoms with Crippen LogP contribution in [0.5, 0.6) is 11.6 Å². The summed E-state index contributed by atoms with van der Waals surface area (Å²) in [5.74, 6) is 0.693. The van der Waals surface area contributed by atoms with E-state index in [0.29, 0.717) is 23.1 Å². The van der Waals surface area contributed by atoms with Gasteiger partial charge >= 0.3 is 6.18 Å². The second kappa shape index (κ2) is 11.3. The molecular weight excluding hydrogens is 529 g/mol. The van der Waals surface area contributed by atoms with Gasteiger partial charge in [0.05, 0.1) is 11.1 Å². The topological polar surface area (TPSA) is 87.6 Å². The highest BCUT2D eigenvalue weighted by atomic mass is 32.1. The van der Waals surface area contributed by atoms with Crippen molar-refractivity contribution in [3.8, 4) is 11.6 Å². The lowest BCUT2D eigenvalue weighted by atomic mass is 9.88. The van der Waals surface area contributed by atoms with Crippen LogP contribution < -0.4 is 10.1 Å². The van der Waals surface area contributed by atoms with Gasteiger partial charge in [-0.15, -0.1) is 11.3 Å². The van der Waals surface area contributed by atoms with E-state index in [4.69, 9.17) is 4.74 Å². The Labute approximate surface area is 227 Å². The van der Waals surface area contributed by atoms with E-state index in [2.05, 4.69) is 20.2 Å². The van der Waals surface area contributed by atoms with Gasteiger partial charge in [0.15, 0.2) is 5.82 Å². The maximum atomic E-state index is 13.9. The fourth-order valence-electron chi connectivity index (χ4n) is 4.75. The number of carbonyl (C=O) groups excluding carboxylic acids is 1. The van der Waals surface area contributed by atoms with Gasteiger partial charge in [0, 0.05) is 33.4 Å². The number of likely N-dealkylation sites (tertiary alicyclic amines) is 1. The Balaban J connectivity index is 1.32. The molecule has 0 spiro atoms. The van der Waals surface area contributed by atoms with Crippen molar-refractivity contribution < 1.29 is 27.8 Å². The van der Waals surface area contributed by atoms with Crippen LogP contribution in [0.4, 0.5) is 18.9 Å². The number of halogens is 3. The number of carbonyl (C=O) groups is 1. The minimum absolute atomic E-state index is 0.0993. The summed E-state index contributed by atoms with van der Waals surface area (Å²) in [6.45, 7) is 1.45. The molecule has 204 valence electrons. The first-order valence-electron chi connectivity index (χ1n) is 12.5. The van der Waals surface area contributed by atoms with Crippen LogP contribution in [0.1, 0.15) is 40.2 Å². The van der Waals surface area contributed by atoms with Gasteiger partial charge < -0.3 is 20.1 Å². The molecular formula is C28H27F3N4O3S. The highest BCUT2D eigenvalue weighted by Gasteiger charge is 2.34. The first-order valence-corrected chi connectivity index (χ1v) is 13.4. The van der Waals surface area contributed by atoms with Gasteiger partial charge in [0.25, 0.3) is 5.91 Å². The fourth-order valence-corrected chi connectivity index (χ4v) is 5.72. The molecule has 2 aromatic carbocycles. The maximum Gasteiger partial charge on any atom is 0.416 e. The summed E-state index contributed by atoms with van der Waals surface area (Å²) in [4.78, 5) is 23.3. The Morgan fingerprint density at radius 1 is 1.18 bits per heavy atom. The van der Waals surface area contributed by atoms with Gasteiger partial charge in [-0.25, -0.2) is 4.98 Å². The zero-order chi connectivity index (χ0) is 27.6. The number of hydrogen-bond donors (Lipinski definition) is 2. The average molecular weight is 557 g/mol. The smallest absolute Gasteiger partial charge is 0.416 e. The predicted molar refractivity (Wildman–Crippen MR) is 143 cm³/mol. The van der Waals surface area contributed by atoms with Crippen LogP contribution >= 0.6 is 11.3 Å². The van der Waals surface area contributed by atoms with Gasteiger partial charge in [0.2, 0.25) is 5.88 Å². The summed E-state index contributed by atoms with van der Waals surface area (Å²) in [6, 6.07) is 10.8. The summed E-state index contributed by atoms with van der Waals surface area (Å²) < 4.78 is 48.4. The number of rotatable bonds is 7. The summed E-state index contributed by atoms with van der Waals surface area (Å²) in [7, 11) is 2.02. The first-order chi connectivity index (χ1) is 18.7. The van der Waals surface area contributed by atoms with Crippen LogP contribution in [-0.2, 0) is 19.2 Å². The number of fused-ring (bicyclic) bond motifs is 1. The summed E-state index contributed by atoms with van der Waals surface area (Å²) in [5, 5.41) is 14.2. The van der Waals surface area contributed by atoms with Gasteiger partial charge in [0.1, 0.15) is 12.4 Å². The number of benzene rings is 2. The van der Waals surface area contributed by atoms with Crippen LogP contribution in [0, 0.1) is 5.92 Å². The molecule has 0 radical (unpaired) electrons. The molecule has 1 fully saturated rings. The Kier molecular flexibility index (Phi) is 7.83. The lowest BCUT2D eigenvalue weighted by molar-refractivity contribution is -0.138. The quantitative estimate of drug-likeness (QED) is 0.285. The molecule has 1 aliphatic heterocycles. The van der Waals surface area contributed by atoms with E-state index in [1.165, 1.54) is 23.6 Å². The third-order valence-corrected chi connectivity index (χ3v) is 7.80. The molecule has 5 rings (SSSR count). The monoisotopic (exact) mass is 556 g/mol. The number of aliphatic hydroxyl groups is 1. The Morgan fingerprint density at radius 3 is 2.72 bits per heavy atom. The normalized spacial score (nSPS) is 15.0. The van der Waals surface area contributed by atoms with E-state index >= 15 is 0 Å². The molecule has 0 bridgehead atoms. The lowest BCUT2D eigenvalue weighted by Gasteiger charge is -2.29. The molecule has 11 heteroatoms. The van der Waals surface area contributed by atoms with Gasteiger partial charge in [-0.05, 0) is 81.2 Å². The molecule has 2 N–H and O–H groups in total. The van der Waals surface area contributed by atoms with Crippen molar-refractivity contribution in [1.82, 2.24) is 14.9 Å². The fraction of sp³-hybridized carbons (Fsp3) is 0.321. The standard InChI is InChI=1S/C28H27F3N4O3S/c1-35-10-7-17(8-11-35)12-18-2-3-19(13-23(18)28(29,30)31)33-27(37)22-16-39-24-14-20(4-5-21(22)24)38-26-6-9-32-25(15-36)34-26/h2-6,9,13-14,16-17,36H,7-8,10-12,15H2,1H3,(H,33,37). The third-order valence-electron chi connectivity index (χ3n) is 6.86. The summed E-state index contributed by atoms with van der Waals surface area (Å²) >= 11 is 1.32. The van der Waals surface area contributed by atoms with Crippen LogP contribution in [0.25, 0.3) is 10.1 Å².